The van der Waals surface area contributed by atoms with Gasteiger partial charge in [-0.05, 0) is 42.0 Å². The van der Waals surface area contributed by atoms with E-state index in [1.807, 2.05) is 0 Å². The second-order valence-electron chi connectivity index (χ2n) is 8.15. The normalized spacial score (nSPS) is 13.1. The molecule has 3 aromatic carbocycles. The second kappa shape index (κ2) is 12.7. The Hall–Kier alpha value is -3.35. The molecular formula is C26H25ClF4N2O5S. The minimum Gasteiger partial charge on any atom is -0.489 e. The van der Waals surface area contributed by atoms with Gasteiger partial charge in [-0.2, -0.15) is 13.2 Å². The molecule has 1 aliphatic rings. The van der Waals surface area contributed by atoms with E-state index in [1.165, 1.54) is 24.3 Å². The van der Waals surface area contributed by atoms with E-state index in [9.17, 15) is 30.8 Å². The summed E-state index contributed by atoms with van der Waals surface area (Å²) in [6.07, 6.45) is -4.23. The van der Waals surface area contributed by atoms with Crippen LogP contribution in [0.2, 0.25) is 5.02 Å². The smallest absolute Gasteiger partial charge is 0.416 e. The number of anilines is 1. The highest BCUT2D eigenvalue weighted by Crippen LogP contribution is 2.41. The molecule has 7 nitrogen and oxygen atoms in total. The number of nitrogens with one attached hydrogen (secondary N) is 1. The van der Waals surface area contributed by atoms with Gasteiger partial charge in [-0.3, -0.25) is 9.10 Å². The molecule has 1 aliphatic heterocycles. The van der Waals surface area contributed by atoms with Gasteiger partial charge in [0.1, 0.15) is 18.2 Å². The minimum absolute atomic E-state index is 0.0191. The first-order valence-corrected chi connectivity index (χ1v) is 13.3. The molecule has 0 aliphatic carbocycles. The number of alkyl halides is 3. The van der Waals surface area contributed by atoms with Crippen molar-refractivity contribution in [2.24, 2.45) is 0 Å². The Bertz CT molecular complexity index is 1430. The van der Waals surface area contributed by atoms with Crippen molar-refractivity contribution in [2.75, 3.05) is 38.2 Å². The lowest BCUT2D eigenvalue weighted by molar-refractivity contribution is -0.137. The average molecular weight is 589 g/mol. The molecule has 0 unspecified atom stereocenters. The summed E-state index contributed by atoms with van der Waals surface area (Å²) in [5, 5.41) is 2.35. The number of carbonyl (C=O) groups is 1. The Morgan fingerprint density at radius 2 is 1.85 bits per heavy atom. The maximum absolute atomic E-state index is 13.9. The van der Waals surface area contributed by atoms with Gasteiger partial charge in [0.15, 0.2) is 0 Å². The first kappa shape index (κ1) is 30.2. The summed E-state index contributed by atoms with van der Waals surface area (Å²) in [5.41, 5.74) is -0.173. The Balaban J connectivity index is 0.000000459. The third kappa shape index (κ3) is 7.20. The largest absolute Gasteiger partial charge is 0.489 e. The molecule has 13 heteroatoms. The zero-order chi connectivity index (χ0) is 28.8. The number of ether oxygens (including phenoxy) is 2. The molecule has 4 rings (SSSR count). The van der Waals surface area contributed by atoms with E-state index in [1.54, 1.807) is 26.3 Å². The van der Waals surface area contributed by atoms with Gasteiger partial charge in [0.25, 0.3) is 10.0 Å². The lowest BCUT2D eigenvalue weighted by Gasteiger charge is -2.31. The summed E-state index contributed by atoms with van der Waals surface area (Å²) in [4.78, 5) is 9.88. The van der Waals surface area contributed by atoms with Crippen LogP contribution in [0.15, 0.2) is 65.6 Å². The monoisotopic (exact) mass is 588 g/mol. The topological polar surface area (TPSA) is 84.9 Å². The summed E-state index contributed by atoms with van der Waals surface area (Å²) in [5.74, 6) is -0.383. The fourth-order valence-electron chi connectivity index (χ4n) is 3.62. The average Bonchev–Trinajstić information content (AvgIpc) is 2.92. The number of carbonyl (C=O) groups excluding carboxylic acids is 1. The van der Waals surface area contributed by atoms with Crippen LogP contribution < -0.4 is 14.4 Å². The number of amides is 1. The van der Waals surface area contributed by atoms with E-state index in [-0.39, 0.29) is 35.5 Å². The highest BCUT2D eigenvalue weighted by Gasteiger charge is 2.35. The highest BCUT2D eigenvalue weighted by atomic mass is 35.5. The van der Waals surface area contributed by atoms with E-state index in [0.717, 1.165) is 22.5 Å². The predicted octanol–water partition coefficient (Wildman–Crippen LogP) is 5.52. The highest BCUT2D eigenvalue weighted by molar-refractivity contribution is 7.92. The van der Waals surface area contributed by atoms with Gasteiger partial charge >= 0.3 is 6.18 Å². The van der Waals surface area contributed by atoms with Crippen LogP contribution >= 0.6 is 11.6 Å². The van der Waals surface area contributed by atoms with Gasteiger partial charge in [0, 0.05) is 26.1 Å². The molecule has 39 heavy (non-hydrogen) atoms. The third-order valence-electron chi connectivity index (χ3n) is 5.60. The molecule has 0 bridgehead atoms. The summed E-state index contributed by atoms with van der Waals surface area (Å²) < 4.78 is 90.7. The number of hydrogen-bond acceptors (Lipinski definition) is 5. The fraction of sp³-hybridized carbons (Fsp3) is 0.269. The van der Waals surface area contributed by atoms with E-state index < -0.39 is 32.5 Å². The number of hydrogen-bond donors (Lipinski definition) is 1. The molecule has 0 radical (unpaired) electrons. The summed E-state index contributed by atoms with van der Waals surface area (Å²) in [7, 11) is -1.15. The van der Waals surface area contributed by atoms with Gasteiger partial charge < -0.3 is 14.8 Å². The quantitative estimate of drug-likeness (QED) is 0.383. The fourth-order valence-corrected chi connectivity index (χ4v) is 5.35. The number of halogens is 5. The second-order valence-corrected chi connectivity index (χ2v) is 10.4. The molecule has 3 aromatic rings. The van der Waals surface area contributed by atoms with Crippen LogP contribution in [0, 0.1) is 5.82 Å². The van der Waals surface area contributed by atoms with Gasteiger partial charge in [-0.25, -0.2) is 12.8 Å². The molecule has 0 aromatic heterocycles. The Kier molecular flexibility index (Phi) is 9.81. The molecule has 1 heterocycles. The Morgan fingerprint density at radius 3 is 2.51 bits per heavy atom. The van der Waals surface area contributed by atoms with Crippen LogP contribution in [0.4, 0.5) is 23.2 Å². The van der Waals surface area contributed by atoms with Crippen LogP contribution in [-0.2, 0) is 25.7 Å². The van der Waals surface area contributed by atoms with Crippen LogP contribution in [0.1, 0.15) is 12.0 Å². The van der Waals surface area contributed by atoms with E-state index in [0.29, 0.717) is 30.2 Å². The van der Waals surface area contributed by atoms with Crippen molar-refractivity contribution in [1.29, 1.82) is 0 Å². The molecule has 1 amide bonds. The number of nitrogens with zero attached hydrogens (tertiary/aromatic N) is 1. The predicted molar refractivity (Wildman–Crippen MR) is 139 cm³/mol. The van der Waals surface area contributed by atoms with Gasteiger partial charge in [-0.15, -0.1) is 0 Å². The van der Waals surface area contributed by atoms with Crippen molar-refractivity contribution in [2.45, 2.75) is 17.5 Å². The standard InChI is InChI=1S/C21H14ClF4NO3S.C5H11NO2/c22-20-16(5-2-6-17(20)23)13-7-8-19-18(11-13)27(9-10-30-19)31(28,29)15-4-1-3-14(12-15)21(24,25)26;1-6-5(7)3-4-8-2/h1-8,11-12H,9-10H2;3-4H2,1-2H3,(H,6,7). The molecule has 1 N–H and O–H groups in total. The Labute approximate surface area is 228 Å². The van der Waals surface area contributed by atoms with Gasteiger partial charge in [-0.1, -0.05) is 35.9 Å². The maximum Gasteiger partial charge on any atom is 0.416 e. The molecular weight excluding hydrogens is 564 g/mol. The SMILES string of the molecule is CNC(=O)CCOC.O=S(=O)(c1cccc(C(F)(F)F)c1)N1CCOc2ccc(-c3cccc(F)c3Cl)cc21. The first-order chi connectivity index (χ1) is 18.4. The van der Waals surface area contributed by atoms with E-state index >= 15 is 0 Å². The molecule has 0 saturated carbocycles. The zero-order valence-corrected chi connectivity index (χ0v) is 22.5. The maximum atomic E-state index is 13.9. The number of fused-ring (bicyclic) bond motifs is 1. The minimum atomic E-state index is -4.68. The molecule has 0 spiro atoms. The van der Waals surface area contributed by atoms with Crippen molar-refractivity contribution in [3.8, 4) is 16.9 Å². The van der Waals surface area contributed by atoms with Crippen LogP contribution in [0.3, 0.4) is 0 Å². The number of methoxy groups -OCH3 is 1. The van der Waals surface area contributed by atoms with E-state index in [2.05, 4.69) is 10.1 Å². The summed E-state index contributed by atoms with van der Waals surface area (Å²) >= 11 is 6.05. The van der Waals surface area contributed by atoms with Crippen molar-refractivity contribution in [3.63, 3.8) is 0 Å². The van der Waals surface area contributed by atoms with Gasteiger partial charge in [0.2, 0.25) is 5.91 Å². The molecule has 0 fully saturated rings. The van der Waals surface area contributed by atoms with Crippen molar-refractivity contribution < 1.29 is 40.2 Å². The van der Waals surface area contributed by atoms with Crippen molar-refractivity contribution >= 4 is 33.2 Å². The van der Waals surface area contributed by atoms with Crippen molar-refractivity contribution in [3.05, 3.63) is 77.1 Å². The Morgan fingerprint density at radius 1 is 1.13 bits per heavy atom. The molecule has 0 atom stereocenters. The summed E-state index contributed by atoms with van der Waals surface area (Å²) in [6, 6.07) is 12.3. The molecule has 210 valence electrons. The van der Waals surface area contributed by atoms with Crippen LogP contribution in [0.5, 0.6) is 5.75 Å². The van der Waals surface area contributed by atoms with Crippen LogP contribution in [0.25, 0.3) is 11.1 Å². The van der Waals surface area contributed by atoms with E-state index in [4.69, 9.17) is 16.3 Å². The zero-order valence-electron chi connectivity index (χ0n) is 20.9. The lowest BCUT2D eigenvalue weighted by atomic mass is 10.0. The first-order valence-electron chi connectivity index (χ1n) is 11.5. The number of sulfonamides is 1. The third-order valence-corrected chi connectivity index (χ3v) is 7.80. The number of benzene rings is 3. The van der Waals surface area contributed by atoms with Gasteiger partial charge in [0.05, 0.1) is 34.3 Å². The summed E-state index contributed by atoms with van der Waals surface area (Å²) in [6.45, 7) is 0.414. The van der Waals surface area contributed by atoms with Crippen molar-refractivity contribution in [1.82, 2.24) is 5.32 Å². The molecule has 0 saturated heterocycles. The number of rotatable bonds is 6. The van der Waals surface area contributed by atoms with Crippen LogP contribution in [-0.4, -0.2) is 48.2 Å². The lowest BCUT2D eigenvalue weighted by Crippen LogP contribution is -2.38.